The quantitative estimate of drug-likeness (QED) is 0.807. The Bertz CT molecular complexity index is 920. The fourth-order valence-electron chi connectivity index (χ4n) is 4.07. The van der Waals surface area contributed by atoms with E-state index in [1.54, 1.807) is 34.8 Å². The Labute approximate surface area is 165 Å². The molecule has 0 spiro atoms. The number of carbonyl (C=O) groups is 1. The molecule has 8 heteroatoms. The van der Waals surface area contributed by atoms with Gasteiger partial charge in [0.1, 0.15) is 0 Å². The Morgan fingerprint density at radius 3 is 2.43 bits per heavy atom. The van der Waals surface area contributed by atoms with Crippen LogP contribution in [0.25, 0.3) is 0 Å². The monoisotopic (exact) mass is 400 g/mol. The van der Waals surface area contributed by atoms with Crippen LogP contribution in [0.1, 0.15) is 25.0 Å². The Balaban J connectivity index is 1.36. The van der Waals surface area contributed by atoms with Gasteiger partial charge in [0.15, 0.2) is 0 Å². The Kier molecular flexibility index (Phi) is 5.32. The van der Waals surface area contributed by atoms with Crippen molar-refractivity contribution in [3.05, 3.63) is 54.4 Å². The molecule has 2 unspecified atom stereocenters. The minimum Gasteiger partial charge on any atom is -0.332 e. The normalized spacial score (nSPS) is 22.0. The van der Waals surface area contributed by atoms with Crippen LogP contribution < -0.4 is 10.6 Å². The second-order valence-electron chi connectivity index (χ2n) is 7.52. The van der Waals surface area contributed by atoms with Gasteiger partial charge in [0.05, 0.1) is 17.1 Å². The topological polar surface area (TPSA) is 91.4 Å². The zero-order chi connectivity index (χ0) is 19.6. The number of hydrogen-bond donors (Lipinski definition) is 2. The third-order valence-corrected chi connectivity index (χ3v) is 7.33. The molecule has 1 saturated heterocycles. The highest BCUT2D eigenvalue weighted by Gasteiger charge is 2.38. The first kappa shape index (κ1) is 18.9. The number of nitrogens with zero attached hydrogens (tertiary/aromatic N) is 2. The summed E-state index contributed by atoms with van der Waals surface area (Å²) in [5.41, 5.74) is 1.30. The number of aromatic nitrogens is 1. The first-order chi connectivity index (χ1) is 13.5. The largest absolute Gasteiger partial charge is 0.332 e. The summed E-state index contributed by atoms with van der Waals surface area (Å²) < 4.78 is 27.5. The molecule has 1 aliphatic heterocycles. The average molecular weight is 401 g/mol. The van der Waals surface area contributed by atoms with Gasteiger partial charge in [0.25, 0.3) is 0 Å². The van der Waals surface area contributed by atoms with Crippen molar-refractivity contribution in [2.45, 2.75) is 30.7 Å². The molecule has 2 bridgehead atoms. The van der Waals surface area contributed by atoms with Crippen molar-refractivity contribution in [3.63, 3.8) is 0 Å². The number of rotatable bonds is 5. The van der Waals surface area contributed by atoms with Crippen molar-refractivity contribution >= 4 is 21.7 Å². The molecule has 2 atom stereocenters. The van der Waals surface area contributed by atoms with Gasteiger partial charge in [-0.25, -0.2) is 13.2 Å². The molecule has 1 saturated carbocycles. The molecule has 28 heavy (non-hydrogen) atoms. The molecule has 2 aromatic rings. The van der Waals surface area contributed by atoms with Gasteiger partial charge in [-0.15, -0.1) is 0 Å². The highest BCUT2D eigenvalue weighted by atomic mass is 32.2. The number of hydrogen-bond acceptors (Lipinski definition) is 4. The molecular formula is C20H24N4O3S. The van der Waals surface area contributed by atoms with Crippen LogP contribution in [-0.2, 0) is 16.6 Å². The SMILES string of the molecule is O=C(NCc1ccccn1)Nc1ccc(S(=O)(=O)N2CC3CCC(C3)C2)cc1. The molecule has 1 aromatic heterocycles. The number of carbonyl (C=O) groups excluding carboxylic acids is 1. The van der Waals surface area contributed by atoms with E-state index in [1.807, 2.05) is 18.2 Å². The summed E-state index contributed by atoms with van der Waals surface area (Å²) in [5.74, 6) is 0.995. The fraction of sp³-hybridized carbons (Fsp3) is 0.400. The number of piperidine rings is 1. The fourth-order valence-corrected chi connectivity index (χ4v) is 5.66. The number of sulfonamides is 1. The van der Waals surface area contributed by atoms with Gasteiger partial charge in [-0.05, 0) is 67.5 Å². The van der Waals surface area contributed by atoms with Crippen molar-refractivity contribution in [1.29, 1.82) is 0 Å². The lowest BCUT2D eigenvalue weighted by atomic mass is 10.0. The maximum absolute atomic E-state index is 12.9. The van der Waals surface area contributed by atoms with Crippen LogP contribution in [0.2, 0.25) is 0 Å². The highest BCUT2D eigenvalue weighted by molar-refractivity contribution is 7.89. The Morgan fingerprint density at radius 2 is 1.79 bits per heavy atom. The summed E-state index contributed by atoms with van der Waals surface area (Å²) in [5, 5.41) is 5.43. The van der Waals surface area contributed by atoms with E-state index in [1.165, 1.54) is 0 Å². The molecule has 2 heterocycles. The van der Waals surface area contributed by atoms with Gasteiger partial charge >= 0.3 is 6.03 Å². The average Bonchev–Trinajstić information content (AvgIpc) is 3.05. The summed E-state index contributed by atoms with van der Waals surface area (Å²) >= 11 is 0. The molecule has 4 rings (SSSR count). The van der Waals surface area contributed by atoms with Gasteiger partial charge < -0.3 is 10.6 Å². The van der Waals surface area contributed by atoms with Crippen LogP contribution in [0, 0.1) is 11.8 Å². The summed E-state index contributed by atoms with van der Waals surface area (Å²) in [4.78, 5) is 16.4. The summed E-state index contributed by atoms with van der Waals surface area (Å²) in [6, 6.07) is 11.5. The number of urea groups is 1. The standard InChI is InChI=1S/C20H24N4O3S/c25-20(22-12-18-3-1-2-10-21-18)23-17-6-8-19(9-7-17)28(26,27)24-13-15-4-5-16(11-15)14-24/h1-3,6-10,15-16H,4-5,11-14H2,(H2,22,23,25). The molecule has 2 fully saturated rings. The predicted octanol–water partition coefficient (Wildman–Crippen LogP) is 2.82. The first-order valence-corrected chi connectivity index (χ1v) is 11.0. The molecule has 2 N–H and O–H groups in total. The van der Waals surface area contributed by atoms with Gasteiger partial charge in [-0.3, -0.25) is 4.98 Å². The van der Waals surface area contributed by atoms with Crippen LogP contribution in [0.3, 0.4) is 0 Å². The van der Waals surface area contributed by atoms with E-state index in [4.69, 9.17) is 0 Å². The number of fused-ring (bicyclic) bond motifs is 2. The van der Waals surface area contributed by atoms with Crippen molar-refractivity contribution < 1.29 is 13.2 Å². The zero-order valence-electron chi connectivity index (χ0n) is 15.5. The summed E-state index contributed by atoms with van der Waals surface area (Å²) in [6.07, 6.45) is 5.09. The van der Waals surface area contributed by atoms with Crippen LogP contribution in [0.5, 0.6) is 0 Å². The third kappa shape index (κ3) is 4.18. The van der Waals surface area contributed by atoms with Gasteiger partial charge in [0.2, 0.25) is 10.0 Å². The molecule has 2 aliphatic rings. The molecule has 7 nitrogen and oxygen atoms in total. The van der Waals surface area contributed by atoms with E-state index >= 15 is 0 Å². The predicted molar refractivity (Wildman–Crippen MR) is 106 cm³/mol. The Morgan fingerprint density at radius 1 is 1.07 bits per heavy atom. The minimum absolute atomic E-state index is 0.272. The van der Waals surface area contributed by atoms with E-state index in [-0.39, 0.29) is 10.9 Å². The van der Waals surface area contributed by atoms with E-state index in [9.17, 15) is 13.2 Å². The number of amides is 2. The molecule has 2 amide bonds. The molecule has 148 valence electrons. The summed E-state index contributed by atoms with van der Waals surface area (Å²) in [6.45, 7) is 1.56. The maximum Gasteiger partial charge on any atom is 0.319 e. The molecule has 0 radical (unpaired) electrons. The second kappa shape index (κ2) is 7.89. The van der Waals surface area contributed by atoms with Gasteiger partial charge in [0, 0.05) is 25.0 Å². The molecule has 1 aromatic carbocycles. The van der Waals surface area contributed by atoms with Crippen molar-refractivity contribution in [2.75, 3.05) is 18.4 Å². The third-order valence-electron chi connectivity index (χ3n) is 5.48. The van der Waals surface area contributed by atoms with Crippen LogP contribution in [0.4, 0.5) is 10.5 Å². The maximum atomic E-state index is 12.9. The van der Waals surface area contributed by atoms with E-state index in [0.717, 1.165) is 25.0 Å². The summed E-state index contributed by atoms with van der Waals surface area (Å²) in [7, 11) is -3.48. The van der Waals surface area contributed by atoms with Crippen LogP contribution in [0.15, 0.2) is 53.6 Å². The number of nitrogens with one attached hydrogen (secondary N) is 2. The first-order valence-electron chi connectivity index (χ1n) is 9.56. The van der Waals surface area contributed by atoms with E-state index < -0.39 is 10.0 Å². The highest BCUT2D eigenvalue weighted by Crippen LogP contribution is 2.38. The van der Waals surface area contributed by atoms with Crippen molar-refractivity contribution in [1.82, 2.24) is 14.6 Å². The van der Waals surface area contributed by atoms with Gasteiger partial charge in [-0.2, -0.15) is 4.31 Å². The Hall–Kier alpha value is -2.45. The minimum atomic E-state index is -3.48. The van der Waals surface area contributed by atoms with E-state index in [0.29, 0.717) is 37.2 Å². The lowest BCUT2D eigenvalue weighted by molar-refractivity contribution is 0.251. The van der Waals surface area contributed by atoms with Crippen molar-refractivity contribution in [3.8, 4) is 0 Å². The second-order valence-corrected chi connectivity index (χ2v) is 9.46. The number of anilines is 1. The lowest BCUT2D eigenvalue weighted by Gasteiger charge is -2.30. The van der Waals surface area contributed by atoms with Crippen molar-refractivity contribution in [2.24, 2.45) is 11.8 Å². The van der Waals surface area contributed by atoms with E-state index in [2.05, 4.69) is 15.6 Å². The number of pyridine rings is 1. The van der Waals surface area contributed by atoms with Crippen LogP contribution >= 0.6 is 0 Å². The number of benzene rings is 1. The van der Waals surface area contributed by atoms with Gasteiger partial charge in [-0.1, -0.05) is 6.07 Å². The molecular weight excluding hydrogens is 376 g/mol. The molecule has 1 aliphatic carbocycles. The lowest BCUT2D eigenvalue weighted by Crippen LogP contribution is -2.40. The zero-order valence-corrected chi connectivity index (χ0v) is 16.4. The smallest absolute Gasteiger partial charge is 0.319 e. The van der Waals surface area contributed by atoms with Crippen LogP contribution in [-0.4, -0.2) is 36.8 Å².